The number of hydrogen-bond donors (Lipinski definition) is 1. The molecular formula is C25H18Cl3NO4. The van der Waals surface area contributed by atoms with E-state index in [9.17, 15) is 14.7 Å². The minimum Gasteiger partial charge on any atom is -0.507 e. The van der Waals surface area contributed by atoms with Crippen LogP contribution in [-0.4, -0.2) is 23.9 Å². The monoisotopic (exact) mass is 501 g/mol. The number of anilines is 1. The Morgan fingerprint density at radius 3 is 2.33 bits per heavy atom. The van der Waals surface area contributed by atoms with E-state index in [4.69, 9.17) is 39.5 Å². The van der Waals surface area contributed by atoms with Crippen molar-refractivity contribution in [2.75, 3.05) is 12.0 Å². The number of ether oxygens (including phenoxy) is 1. The molecule has 1 heterocycles. The van der Waals surface area contributed by atoms with Gasteiger partial charge in [0.2, 0.25) is 0 Å². The van der Waals surface area contributed by atoms with Crippen molar-refractivity contribution in [3.63, 3.8) is 0 Å². The van der Waals surface area contributed by atoms with Gasteiger partial charge in [0.05, 0.1) is 33.8 Å². The van der Waals surface area contributed by atoms with E-state index < -0.39 is 23.5 Å². The molecule has 3 aromatic carbocycles. The first kappa shape index (κ1) is 23.2. The molecule has 0 bridgehead atoms. The highest BCUT2D eigenvalue weighted by molar-refractivity contribution is 6.52. The summed E-state index contributed by atoms with van der Waals surface area (Å²) in [5.74, 6) is -1.61. The van der Waals surface area contributed by atoms with Crippen molar-refractivity contribution < 1.29 is 19.4 Å². The van der Waals surface area contributed by atoms with Gasteiger partial charge in [-0.15, -0.1) is 0 Å². The predicted octanol–water partition coefficient (Wildman–Crippen LogP) is 6.59. The molecule has 0 saturated carbocycles. The third-order valence-electron chi connectivity index (χ3n) is 5.41. The van der Waals surface area contributed by atoms with Crippen molar-refractivity contribution in [3.05, 3.63) is 98.0 Å². The topological polar surface area (TPSA) is 66.8 Å². The molecule has 1 unspecified atom stereocenters. The molecule has 3 aromatic rings. The van der Waals surface area contributed by atoms with Gasteiger partial charge in [-0.25, -0.2) is 0 Å². The third kappa shape index (κ3) is 4.20. The molecule has 0 aliphatic carbocycles. The highest BCUT2D eigenvalue weighted by Gasteiger charge is 2.47. The molecule has 1 aliphatic rings. The van der Waals surface area contributed by atoms with E-state index >= 15 is 0 Å². The number of aliphatic hydroxyl groups excluding tert-OH is 1. The molecule has 168 valence electrons. The number of Topliss-reactive ketones (excluding diaryl/α,β-unsaturated/α-hetero) is 1. The van der Waals surface area contributed by atoms with Gasteiger partial charge in [-0.2, -0.15) is 0 Å². The molecule has 8 heteroatoms. The largest absolute Gasteiger partial charge is 0.507 e. The maximum atomic E-state index is 13.2. The Morgan fingerprint density at radius 1 is 0.939 bits per heavy atom. The summed E-state index contributed by atoms with van der Waals surface area (Å²) in [6.07, 6.45) is 0. The molecule has 5 nitrogen and oxygen atoms in total. The number of aryl methyl sites for hydroxylation is 1. The van der Waals surface area contributed by atoms with Gasteiger partial charge in [0.15, 0.2) is 0 Å². The Morgan fingerprint density at radius 2 is 1.67 bits per heavy atom. The Kier molecular flexibility index (Phi) is 6.39. The van der Waals surface area contributed by atoms with E-state index in [0.29, 0.717) is 22.0 Å². The average molecular weight is 503 g/mol. The van der Waals surface area contributed by atoms with Crippen LogP contribution in [0.25, 0.3) is 5.76 Å². The summed E-state index contributed by atoms with van der Waals surface area (Å²) < 4.78 is 5.23. The Labute approximate surface area is 205 Å². The smallest absolute Gasteiger partial charge is 0.300 e. The fourth-order valence-corrected chi connectivity index (χ4v) is 4.35. The summed E-state index contributed by atoms with van der Waals surface area (Å²) in [6.45, 7) is 1.90. The van der Waals surface area contributed by atoms with E-state index in [0.717, 1.165) is 5.56 Å². The van der Waals surface area contributed by atoms with Crippen LogP contribution in [0.1, 0.15) is 22.7 Å². The number of benzene rings is 3. The summed E-state index contributed by atoms with van der Waals surface area (Å²) in [7, 11) is 1.48. The Hall–Kier alpha value is -2.99. The molecule has 1 N–H and O–H groups in total. The van der Waals surface area contributed by atoms with Crippen molar-refractivity contribution in [3.8, 4) is 5.75 Å². The number of halogens is 3. The predicted molar refractivity (Wildman–Crippen MR) is 130 cm³/mol. The van der Waals surface area contributed by atoms with Crippen LogP contribution < -0.4 is 9.64 Å². The van der Waals surface area contributed by atoms with Crippen LogP contribution in [0.15, 0.2) is 66.2 Å². The maximum Gasteiger partial charge on any atom is 0.300 e. The normalized spacial score (nSPS) is 17.5. The molecule has 0 aromatic heterocycles. The lowest BCUT2D eigenvalue weighted by Crippen LogP contribution is -2.29. The van der Waals surface area contributed by atoms with Crippen LogP contribution in [0.4, 0.5) is 5.69 Å². The summed E-state index contributed by atoms with van der Waals surface area (Å²) >= 11 is 18.6. The minimum atomic E-state index is -0.913. The van der Waals surface area contributed by atoms with Crippen LogP contribution in [0.2, 0.25) is 15.1 Å². The lowest BCUT2D eigenvalue weighted by atomic mass is 9.94. The van der Waals surface area contributed by atoms with Crippen LogP contribution in [0.3, 0.4) is 0 Å². The molecule has 1 saturated heterocycles. The summed E-state index contributed by atoms with van der Waals surface area (Å²) in [5, 5.41) is 12.0. The van der Waals surface area contributed by atoms with E-state index in [1.165, 1.54) is 24.1 Å². The molecule has 4 rings (SSSR count). The fraction of sp³-hybridized carbons (Fsp3) is 0.120. The minimum absolute atomic E-state index is 0.0909. The highest BCUT2D eigenvalue weighted by atomic mass is 35.5. The fourth-order valence-electron chi connectivity index (χ4n) is 3.85. The van der Waals surface area contributed by atoms with Crippen molar-refractivity contribution >= 4 is 57.9 Å². The van der Waals surface area contributed by atoms with Gasteiger partial charge < -0.3 is 9.84 Å². The standard InChI is InChI=1S/C25H18Cl3NO4/c1-13-4-3-5-14(10-13)22-21(23(30)17-12-16(33-2)7-9-18(17)26)24(31)25(32)29(22)15-6-8-19(27)20(28)11-15/h3-12,22,30H,1-2H3/b23-21+. The average Bonchev–Trinajstić information content (AvgIpc) is 3.06. The van der Waals surface area contributed by atoms with Crippen LogP contribution in [0.5, 0.6) is 5.75 Å². The molecule has 1 amide bonds. The van der Waals surface area contributed by atoms with Crippen molar-refractivity contribution in [2.45, 2.75) is 13.0 Å². The van der Waals surface area contributed by atoms with Gasteiger partial charge in [-0.05, 0) is 48.9 Å². The van der Waals surface area contributed by atoms with Crippen molar-refractivity contribution in [1.82, 2.24) is 0 Å². The third-order valence-corrected chi connectivity index (χ3v) is 6.48. The van der Waals surface area contributed by atoms with E-state index in [1.54, 1.807) is 30.3 Å². The Balaban J connectivity index is 1.99. The number of methoxy groups -OCH3 is 1. The van der Waals surface area contributed by atoms with E-state index in [-0.39, 0.29) is 21.2 Å². The lowest BCUT2D eigenvalue weighted by molar-refractivity contribution is -0.132. The molecular weight excluding hydrogens is 485 g/mol. The van der Waals surface area contributed by atoms with Gasteiger partial charge in [0.1, 0.15) is 11.5 Å². The van der Waals surface area contributed by atoms with Gasteiger partial charge in [0.25, 0.3) is 11.7 Å². The quantitative estimate of drug-likeness (QED) is 0.248. The number of rotatable bonds is 4. The number of ketones is 1. The maximum absolute atomic E-state index is 13.2. The highest BCUT2D eigenvalue weighted by Crippen LogP contribution is 2.44. The number of carbonyl (C=O) groups excluding carboxylic acids is 2. The van der Waals surface area contributed by atoms with Gasteiger partial charge in [0, 0.05) is 11.3 Å². The zero-order valence-corrected chi connectivity index (χ0v) is 19.9. The molecule has 33 heavy (non-hydrogen) atoms. The Bertz CT molecular complexity index is 1320. The zero-order chi connectivity index (χ0) is 23.9. The molecule has 0 radical (unpaired) electrons. The summed E-state index contributed by atoms with van der Waals surface area (Å²) in [5.41, 5.74) is 2.02. The number of nitrogens with zero attached hydrogens (tertiary/aromatic N) is 1. The molecule has 1 fully saturated rings. The van der Waals surface area contributed by atoms with Gasteiger partial charge in [-0.3, -0.25) is 14.5 Å². The number of hydrogen-bond acceptors (Lipinski definition) is 4. The van der Waals surface area contributed by atoms with E-state index in [1.807, 2.05) is 25.1 Å². The van der Waals surface area contributed by atoms with E-state index in [2.05, 4.69) is 0 Å². The first-order chi connectivity index (χ1) is 15.7. The van der Waals surface area contributed by atoms with Crippen molar-refractivity contribution in [2.24, 2.45) is 0 Å². The van der Waals surface area contributed by atoms with Gasteiger partial charge >= 0.3 is 0 Å². The SMILES string of the molecule is COc1ccc(Cl)c(/C(O)=C2\C(=O)C(=O)N(c3ccc(Cl)c(Cl)c3)C2c2cccc(C)c2)c1. The van der Waals surface area contributed by atoms with Crippen LogP contribution in [0, 0.1) is 6.92 Å². The van der Waals surface area contributed by atoms with Gasteiger partial charge in [-0.1, -0.05) is 64.6 Å². The molecule has 1 atom stereocenters. The number of amides is 1. The first-order valence-electron chi connectivity index (χ1n) is 9.89. The summed E-state index contributed by atoms with van der Waals surface area (Å²) in [4.78, 5) is 27.8. The number of carbonyl (C=O) groups is 2. The second-order valence-electron chi connectivity index (χ2n) is 7.53. The zero-order valence-electron chi connectivity index (χ0n) is 17.6. The summed E-state index contributed by atoms with van der Waals surface area (Å²) in [6, 6.07) is 15.8. The molecule has 0 spiro atoms. The van der Waals surface area contributed by atoms with Crippen LogP contribution >= 0.6 is 34.8 Å². The first-order valence-corrected chi connectivity index (χ1v) is 11.0. The second-order valence-corrected chi connectivity index (χ2v) is 8.75. The lowest BCUT2D eigenvalue weighted by Gasteiger charge is -2.26. The number of aliphatic hydroxyl groups is 1. The van der Waals surface area contributed by atoms with Crippen LogP contribution in [-0.2, 0) is 9.59 Å². The second kappa shape index (κ2) is 9.10. The van der Waals surface area contributed by atoms with Crippen molar-refractivity contribution in [1.29, 1.82) is 0 Å². The molecule has 1 aliphatic heterocycles.